The van der Waals surface area contributed by atoms with Crippen LogP contribution in [0.25, 0.3) is 11.5 Å². The molecule has 1 N–H and O–H groups in total. The molecule has 4 rings (SSSR count). The molecular formula is C19H18FN5O. The summed E-state index contributed by atoms with van der Waals surface area (Å²) in [4.78, 5) is 25.4. The minimum Gasteiger partial charge on any atom is -0.337 e. The second kappa shape index (κ2) is 5.72. The van der Waals surface area contributed by atoms with Crippen molar-refractivity contribution in [3.8, 4) is 11.5 Å². The topological polar surface area (TPSA) is 72.7 Å². The lowest BCUT2D eigenvalue weighted by Crippen LogP contribution is -2.26. The molecule has 0 unspecified atom stereocenters. The van der Waals surface area contributed by atoms with Gasteiger partial charge in [0.15, 0.2) is 5.82 Å². The summed E-state index contributed by atoms with van der Waals surface area (Å²) in [5, 5.41) is 2.79. The fraction of sp³-hybridized carbons (Fsp3) is 0.263. The van der Waals surface area contributed by atoms with Crippen molar-refractivity contribution in [2.45, 2.75) is 25.7 Å². The van der Waals surface area contributed by atoms with E-state index in [1.54, 1.807) is 30.6 Å². The van der Waals surface area contributed by atoms with Crippen LogP contribution >= 0.6 is 0 Å². The van der Waals surface area contributed by atoms with Crippen LogP contribution in [0.15, 0.2) is 36.7 Å². The highest BCUT2D eigenvalue weighted by molar-refractivity contribution is 6.04. The molecule has 1 aliphatic rings. The van der Waals surface area contributed by atoms with Gasteiger partial charge in [-0.25, -0.2) is 19.3 Å². The van der Waals surface area contributed by atoms with Gasteiger partial charge in [-0.1, -0.05) is 18.2 Å². The molecule has 7 heteroatoms. The van der Waals surface area contributed by atoms with Crippen LogP contribution in [0.4, 0.5) is 10.2 Å². The van der Waals surface area contributed by atoms with E-state index in [1.165, 1.54) is 6.07 Å². The molecule has 3 aromatic rings. The molecule has 26 heavy (non-hydrogen) atoms. The monoisotopic (exact) mass is 351 g/mol. The number of benzene rings is 1. The third-order valence-electron chi connectivity index (χ3n) is 4.77. The van der Waals surface area contributed by atoms with Crippen LogP contribution in [0.3, 0.4) is 0 Å². The Kier molecular flexibility index (Phi) is 3.61. The number of fused-ring (bicyclic) bond motifs is 1. The smallest absolute Gasteiger partial charge is 0.235 e. The van der Waals surface area contributed by atoms with Crippen molar-refractivity contribution in [1.82, 2.24) is 19.5 Å². The summed E-state index contributed by atoms with van der Waals surface area (Å²) in [6.07, 6.45) is 3.85. The van der Waals surface area contributed by atoms with Gasteiger partial charge >= 0.3 is 0 Å². The summed E-state index contributed by atoms with van der Waals surface area (Å²) in [5.41, 5.74) is 1.29. The predicted molar refractivity (Wildman–Crippen MR) is 95.1 cm³/mol. The summed E-state index contributed by atoms with van der Waals surface area (Å²) in [7, 11) is 1.85. The van der Waals surface area contributed by atoms with Gasteiger partial charge in [-0.15, -0.1) is 0 Å². The second-order valence-electron chi connectivity index (χ2n) is 6.96. The van der Waals surface area contributed by atoms with Gasteiger partial charge in [0.25, 0.3) is 0 Å². The van der Waals surface area contributed by atoms with Gasteiger partial charge in [0.1, 0.15) is 23.2 Å². The maximum atomic E-state index is 13.9. The Labute approximate surface area is 150 Å². The van der Waals surface area contributed by atoms with Crippen LogP contribution in [-0.4, -0.2) is 25.4 Å². The number of amides is 1. The van der Waals surface area contributed by atoms with Crippen LogP contribution in [0.5, 0.6) is 0 Å². The normalized spacial score (nSPS) is 15.0. The van der Waals surface area contributed by atoms with Crippen LogP contribution in [-0.2, 0) is 23.7 Å². The van der Waals surface area contributed by atoms with Crippen molar-refractivity contribution in [1.29, 1.82) is 0 Å². The molecule has 132 valence electrons. The summed E-state index contributed by atoms with van der Waals surface area (Å²) in [6.45, 7) is 3.68. The van der Waals surface area contributed by atoms with E-state index >= 15 is 0 Å². The highest BCUT2D eigenvalue weighted by Gasteiger charge is 2.40. The first-order valence-corrected chi connectivity index (χ1v) is 8.31. The van der Waals surface area contributed by atoms with Gasteiger partial charge in [-0.3, -0.25) is 4.79 Å². The predicted octanol–water partition coefficient (Wildman–Crippen LogP) is 2.84. The van der Waals surface area contributed by atoms with E-state index in [9.17, 15) is 9.18 Å². The number of hydrogen-bond donors (Lipinski definition) is 1. The molecule has 1 amide bonds. The Morgan fingerprint density at radius 1 is 1.23 bits per heavy atom. The zero-order valence-corrected chi connectivity index (χ0v) is 14.7. The number of carbonyl (C=O) groups is 1. The lowest BCUT2D eigenvalue weighted by atomic mass is 9.88. The number of anilines is 1. The molecule has 0 saturated heterocycles. The minimum absolute atomic E-state index is 0.0970. The Morgan fingerprint density at radius 3 is 2.77 bits per heavy atom. The van der Waals surface area contributed by atoms with E-state index in [4.69, 9.17) is 0 Å². The highest BCUT2D eigenvalue weighted by Crippen LogP contribution is 2.36. The first-order chi connectivity index (χ1) is 12.4. The standard InChI is InChI=1S/C19H18FN5O/c1-19(2)12-9-21-17(23-16(12)24-18(19)26)14-10-25(3)15(22-14)8-11-6-4-5-7-13(11)20/h4-7,9-10H,8H2,1-3H3,(H,21,23,24,26). The van der Waals surface area contributed by atoms with Gasteiger partial charge in [0, 0.05) is 31.4 Å². The maximum Gasteiger partial charge on any atom is 0.235 e. The van der Waals surface area contributed by atoms with E-state index in [0.29, 0.717) is 35.1 Å². The molecule has 3 heterocycles. The fourth-order valence-electron chi connectivity index (χ4n) is 3.03. The average Bonchev–Trinajstić information content (AvgIpc) is 3.07. The molecule has 1 aliphatic heterocycles. The van der Waals surface area contributed by atoms with Crippen LogP contribution in [0.2, 0.25) is 0 Å². The lowest BCUT2D eigenvalue weighted by Gasteiger charge is -2.13. The SMILES string of the molecule is Cn1cc(-c2ncc3c(n2)NC(=O)C3(C)C)nc1Cc1ccccc1F. The van der Waals surface area contributed by atoms with Crippen LogP contribution in [0, 0.1) is 5.82 Å². The third-order valence-corrected chi connectivity index (χ3v) is 4.77. The van der Waals surface area contributed by atoms with Crippen molar-refractivity contribution in [2.75, 3.05) is 5.32 Å². The van der Waals surface area contributed by atoms with E-state index in [2.05, 4.69) is 20.3 Å². The van der Waals surface area contributed by atoms with Crippen molar-refractivity contribution in [3.63, 3.8) is 0 Å². The third kappa shape index (κ3) is 2.56. The minimum atomic E-state index is -0.645. The zero-order chi connectivity index (χ0) is 18.5. The first-order valence-electron chi connectivity index (χ1n) is 8.31. The number of halogens is 1. The summed E-state index contributed by atoms with van der Waals surface area (Å²) >= 11 is 0. The Hall–Kier alpha value is -3.09. The van der Waals surface area contributed by atoms with E-state index in [0.717, 1.165) is 5.56 Å². The fourth-order valence-corrected chi connectivity index (χ4v) is 3.03. The molecular weight excluding hydrogens is 333 g/mol. The van der Waals surface area contributed by atoms with Crippen molar-refractivity contribution >= 4 is 11.7 Å². The van der Waals surface area contributed by atoms with E-state index in [1.807, 2.05) is 25.5 Å². The number of nitrogens with zero attached hydrogens (tertiary/aromatic N) is 4. The molecule has 1 aromatic carbocycles. The van der Waals surface area contributed by atoms with Crippen LogP contribution < -0.4 is 5.32 Å². The first kappa shape index (κ1) is 16.4. The van der Waals surface area contributed by atoms with Gasteiger partial charge in [-0.2, -0.15) is 0 Å². The maximum absolute atomic E-state index is 13.9. The van der Waals surface area contributed by atoms with Gasteiger partial charge < -0.3 is 9.88 Å². The molecule has 2 aromatic heterocycles. The molecule has 6 nitrogen and oxygen atoms in total. The summed E-state index contributed by atoms with van der Waals surface area (Å²) in [5.74, 6) is 1.30. The van der Waals surface area contributed by atoms with Crippen molar-refractivity contribution < 1.29 is 9.18 Å². The lowest BCUT2D eigenvalue weighted by molar-refractivity contribution is -0.119. The van der Waals surface area contributed by atoms with E-state index in [-0.39, 0.29) is 11.7 Å². The summed E-state index contributed by atoms with van der Waals surface area (Å²) in [6, 6.07) is 6.65. The second-order valence-corrected chi connectivity index (χ2v) is 6.96. The number of carbonyl (C=O) groups excluding carboxylic acids is 1. The van der Waals surface area contributed by atoms with Gasteiger partial charge in [0.05, 0.1) is 5.41 Å². The Balaban J connectivity index is 1.67. The van der Waals surface area contributed by atoms with Crippen molar-refractivity contribution in [3.05, 3.63) is 59.4 Å². The molecule has 0 atom stereocenters. The number of nitrogens with one attached hydrogen (secondary N) is 1. The zero-order valence-electron chi connectivity index (χ0n) is 14.7. The molecule has 0 aliphatic carbocycles. The Morgan fingerprint density at radius 2 is 2.00 bits per heavy atom. The quantitative estimate of drug-likeness (QED) is 0.787. The molecule has 0 radical (unpaired) electrons. The van der Waals surface area contributed by atoms with Crippen molar-refractivity contribution in [2.24, 2.45) is 7.05 Å². The number of aryl methyl sites for hydroxylation is 1. The largest absolute Gasteiger partial charge is 0.337 e. The molecule has 0 fully saturated rings. The highest BCUT2D eigenvalue weighted by atomic mass is 19.1. The molecule has 0 spiro atoms. The Bertz CT molecular complexity index is 1020. The number of imidazole rings is 1. The number of hydrogen-bond acceptors (Lipinski definition) is 4. The number of rotatable bonds is 3. The average molecular weight is 351 g/mol. The van der Waals surface area contributed by atoms with Crippen LogP contribution in [0.1, 0.15) is 30.8 Å². The summed E-state index contributed by atoms with van der Waals surface area (Å²) < 4.78 is 15.7. The van der Waals surface area contributed by atoms with E-state index < -0.39 is 5.41 Å². The van der Waals surface area contributed by atoms with Gasteiger partial charge in [0.2, 0.25) is 5.91 Å². The molecule has 0 saturated carbocycles. The molecule has 0 bridgehead atoms. The number of aromatic nitrogens is 4. The van der Waals surface area contributed by atoms with Gasteiger partial charge in [-0.05, 0) is 25.5 Å².